The van der Waals surface area contributed by atoms with Gasteiger partial charge in [-0.15, -0.1) is 0 Å². The molecule has 0 aliphatic heterocycles. The zero-order valence-electron chi connectivity index (χ0n) is 9.54. The number of amides is 2. The van der Waals surface area contributed by atoms with Crippen molar-refractivity contribution in [2.24, 2.45) is 11.5 Å². The molecule has 4 N–H and O–H groups in total. The van der Waals surface area contributed by atoms with Gasteiger partial charge in [0.2, 0.25) is 11.8 Å². The number of aromatic nitrogens is 2. The van der Waals surface area contributed by atoms with Gasteiger partial charge in [0.15, 0.2) is 0 Å². The highest BCUT2D eigenvalue weighted by molar-refractivity contribution is 5.97. The van der Waals surface area contributed by atoms with Crippen molar-refractivity contribution < 1.29 is 9.59 Å². The number of hydrogen-bond donors (Lipinski definition) is 2. The van der Waals surface area contributed by atoms with Crippen LogP contribution in [-0.4, -0.2) is 21.8 Å². The van der Waals surface area contributed by atoms with Gasteiger partial charge in [0.1, 0.15) is 6.33 Å². The highest BCUT2D eigenvalue weighted by atomic mass is 16.1. The number of carbonyl (C=O) groups excluding carboxylic acids is 2. The molecule has 92 valence electrons. The third kappa shape index (κ3) is 1.88. The predicted molar refractivity (Wildman–Crippen MR) is 63.9 cm³/mol. The van der Waals surface area contributed by atoms with Crippen LogP contribution in [0.15, 0.2) is 42.5 Å². The second kappa shape index (κ2) is 4.40. The number of allylic oxidation sites excluding steroid dienone is 2. The van der Waals surface area contributed by atoms with Gasteiger partial charge >= 0.3 is 0 Å². The third-order valence-electron chi connectivity index (χ3n) is 2.98. The van der Waals surface area contributed by atoms with E-state index in [1.807, 2.05) is 0 Å². The Morgan fingerprint density at radius 1 is 1.22 bits per heavy atom. The number of nitrogens with two attached hydrogens (primary N) is 2. The van der Waals surface area contributed by atoms with E-state index in [4.69, 9.17) is 11.5 Å². The van der Waals surface area contributed by atoms with Crippen molar-refractivity contribution in [1.29, 1.82) is 0 Å². The van der Waals surface area contributed by atoms with Crippen LogP contribution < -0.4 is 11.5 Å². The Kier molecular flexibility index (Phi) is 2.93. The monoisotopic (exact) mass is 244 g/mol. The molecule has 2 amide bonds. The summed E-state index contributed by atoms with van der Waals surface area (Å²) in [6, 6.07) is 0. The summed E-state index contributed by atoms with van der Waals surface area (Å²) in [7, 11) is 0. The predicted octanol–water partition coefficient (Wildman–Crippen LogP) is -0.429. The van der Waals surface area contributed by atoms with E-state index in [1.165, 1.54) is 18.7 Å². The van der Waals surface area contributed by atoms with Crippen LogP contribution in [0, 0.1) is 0 Å². The third-order valence-corrected chi connectivity index (χ3v) is 2.98. The standard InChI is InChI=1S/C12H12N4O2/c13-10(17)8-2-1-3-12(4-8,11(14)18)9-5-15-7-16-6-9/h1-3,5-7H,4H2,(H2,13,17)(H2,14,18). The zero-order valence-corrected chi connectivity index (χ0v) is 9.54. The lowest BCUT2D eigenvalue weighted by molar-refractivity contribution is -0.122. The molecule has 0 saturated heterocycles. The van der Waals surface area contributed by atoms with E-state index in [2.05, 4.69) is 9.97 Å². The Hall–Kier alpha value is -2.50. The van der Waals surface area contributed by atoms with Crippen LogP contribution in [0.2, 0.25) is 0 Å². The number of nitrogens with zero attached hydrogens (tertiary/aromatic N) is 2. The van der Waals surface area contributed by atoms with Crippen LogP contribution in [-0.2, 0) is 15.0 Å². The smallest absolute Gasteiger partial charge is 0.244 e. The molecule has 1 unspecified atom stereocenters. The number of carbonyl (C=O) groups is 2. The molecule has 1 aliphatic rings. The Balaban J connectivity index is 2.49. The van der Waals surface area contributed by atoms with Gasteiger partial charge in [0.05, 0.1) is 5.41 Å². The summed E-state index contributed by atoms with van der Waals surface area (Å²) in [4.78, 5) is 30.8. The van der Waals surface area contributed by atoms with Gasteiger partial charge in [0.25, 0.3) is 0 Å². The molecular weight excluding hydrogens is 232 g/mol. The molecule has 1 aliphatic carbocycles. The lowest BCUT2D eigenvalue weighted by Gasteiger charge is -2.29. The Bertz CT molecular complexity index is 550. The molecule has 1 aromatic rings. The van der Waals surface area contributed by atoms with E-state index in [0.29, 0.717) is 11.1 Å². The largest absolute Gasteiger partial charge is 0.369 e. The van der Waals surface area contributed by atoms with Gasteiger partial charge in [-0.3, -0.25) is 9.59 Å². The van der Waals surface area contributed by atoms with Crippen molar-refractivity contribution in [3.8, 4) is 0 Å². The maximum Gasteiger partial charge on any atom is 0.244 e. The fourth-order valence-electron chi connectivity index (χ4n) is 1.96. The minimum Gasteiger partial charge on any atom is -0.369 e. The lowest BCUT2D eigenvalue weighted by atomic mass is 9.73. The molecule has 0 radical (unpaired) electrons. The van der Waals surface area contributed by atoms with Gasteiger partial charge in [0, 0.05) is 23.5 Å². The average molecular weight is 244 g/mol. The molecule has 18 heavy (non-hydrogen) atoms. The molecule has 0 saturated carbocycles. The number of rotatable bonds is 3. The van der Waals surface area contributed by atoms with Crippen LogP contribution in [0.3, 0.4) is 0 Å². The topological polar surface area (TPSA) is 112 Å². The van der Waals surface area contributed by atoms with Crippen LogP contribution in [0.4, 0.5) is 0 Å². The van der Waals surface area contributed by atoms with E-state index in [-0.39, 0.29) is 6.42 Å². The van der Waals surface area contributed by atoms with Crippen LogP contribution >= 0.6 is 0 Å². The van der Waals surface area contributed by atoms with Crippen molar-refractivity contribution in [1.82, 2.24) is 9.97 Å². The first-order valence-corrected chi connectivity index (χ1v) is 5.30. The molecular formula is C12H12N4O2. The molecule has 1 aromatic heterocycles. The van der Waals surface area contributed by atoms with Gasteiger partial charge in [-0.1, -0.05) is 18.2 Å². The highest BCUT2D eigenvalue weighted by Crippen LogP contribution is 2.34. The van der Waals surface area contributed by atoms with Gasteiger partial charge in [-0.05, 0) is 6.42 Å². The lowest BCUT2D eigenvalue weighted by Crippen LogP contribution is -2.42. The minimum atomic E-state index is -1.11. The van der Waals surface area contributed by atoms with Crippen LogP contribution in [0.25, 0.3) is 0 Å². The van der Waals surface area contributed by atoms with Crippen LogP contribution in [0.5, 0.6) is 0 Å². The maximum absolute atomic E-state index is 11.8. The maximum atomic E-state index is 11.8. The molecule has 6 heteroatoms. The van der Waals surface area contributed by atoms with Gasteiger partial charge in [-0.25, -0.2) is 9.97 Å². The Morgan fingerprint density at radius 2 is 1.89 bits per heavy atom. The summed E-state index contributed by atoms with van der Waals surface area (Å²) in [6.07, 6.45) is 9.31. The first kappa shape index (κ1) is 12.0. The van der Waals surface area contributed by atoms with Gasteiger partial charge in [-0.2, -0.15) is 0 Å². The number of hydrogen-bond acceptors (Lipinski definition) is 4. The highest BCUT2D eigenvalue weighted by Gasteiger charge is 2.39. The van der Waals surface area contributed by atoms with E-state index in [0.717, 1.165) is 0 Å². The zero-order chi connectivity index (χ0) is 13.2. The van der Waals surface area contributed by atoms with E-state index < -0.39 is 17.2 Å². The fourth-order valence-corrected chi connectivity index (χ4v) is 1.96. The van der Waals surface area contributed by atoms with Crippen molar-refractivity contribution >= 4 is 11.8 Å². The summed E-state index contributed by atoms with van der Waals surface area (Å²) < 4.78 is 0. The van der Waals surface area contributed by atoms with E-state index >= 15 is 0 Å². The molecule has 6 nitrogen and oxygen atoms in total. The van der Waals surface area contributed by atoms with Crippen molar-refractivity contribution in [2.75, 3.05) is 0 Å². The Morgan fingerprint density at radius 3 is 2.44 bits per heavy atom. The summed E-state index contributed by atoms with van der Waals surface area (Å²) in [6.45, 7) is 0. The second-order valence-corrected chi connectivity index (χ2v) is 4.05. The first-order valence-electron chi connectivity index (χ1n) is 5.30. The van der Waals surface area contributed by atoms with E-state index in [9.17, 15) is 9.59 Å². The summed E-state index contributed by atoms with van der Waals surface area (Å²) in [5.74, 6) is -1.14. The van der Waals surface area contributed by atoms with Crippen LogP contribution in [0.1, 0.15) is 12.0 Å². The average Bonchev–Trinajstić information content (AvgIpc) is 2.39. The fraction of sp³-hybridized carbons (Fsp3) is 0.167. The quantitative estimate of drug-likeness (QED) is 0.751. The molecule has 0 aromatic carbocycles. The number of primary amides is 2. The van der Waals surface area contributed by atoms with Gasteiger partial charge < -0.3 is 11.5 Å². The molecule has 2 rings (SSSR count). The first-order chi connectivity index (χ1) is 8.56. The van der Waals surface area contributed by atoms with E-state index in [1.54, 1.807) is 18.2 Å². The molecule has 0 spiro atoms. The van der Waals surface area contributed by atoms with Crippen molar-refractivity contribution in [3.63, 3.8) is 0 Å². The molecule has 0 fully saturated rings. The second-order valence-electron chi connectivity index (χ2n) is 4.05. The normalized spacial score (nSPS) is 22.3. The van der Waals surface area contributed by atoms with Crippen molar-refractivity contribution in [2.45, 2.75) is 11.8 Å². The summed E-state index contributed by atoms with van der Waals surface area (Å²) in [5, 5.41) is 0. The summed E-state index contributed by atoms with van der Waals surface area (Å²) >= 11 is 0. The SMILES string of the molecule is NC(=O)C1=CC=CC(C(N)=O)(c2cncnc2)C1. The van der Waals surface area contributed by atoms with Crippen molar-refractivity contribution in [3.05, 3.63) is 48.1 Å². The Labute approximate surface area is 103 Å². The summed E-state index contributed by atoms with van der Waals surface area (Å²) in [5.41, 5.74) is 10.5. The molecule has 1 heterocycles. The molecule has 0 bridgehead atoms. The molecule has 1 atom stereocenters. The minimum absolute atomic E-state index is 0.127.